The predicted molar refractivity (Wildman–Crippen MR) is 70.7 cm³/mol. The van der Waals surface area contributed by atoms with Crippen molar-refractivity contribution in [2.45, 2.75) is 18.6 Å². The summed E-state index contributed by atoms with van der Waals surface area (Å²) in [7, 11) is 0. The first-order chi connectivity index (χ1) is 8.93. The number of hydrogen-bond donors (Lipinski definition) is 2. The zero-order valence-electron chi connectivity index (χ0n) is 9.98. The molecule has 0 aliphatic carbocycles. The van der Waals surface area contributed by atoms with Crippen LogP contribution in [0.1, 0.15) is 34.3 Å². The van der Waals surface area contributed by atoms with E-state index in [1.165, 1.54) is 22.3 Å². The second-order valence-corrected chi connectivity index (χ2v) is 4.89. The van der Waals surface area contributed by atoms with Crippen molar-refractivity contribution in [1.82, 2.24) is 10.6 Å². The summed E-state index contributed by atoms with van der Waals surface area (Å²) in [5.74, 6) is 0. The highest BCUT2D eigenvalue weighted by Gasteiger charge is 2.34. The van der Waals surface area contributed by atoms with Crippen LogP contribution >= 0.6 is 0 Å². The Bertz CT molecular complexity index is 538. The molecule has 2 aliphatic rings. The first-order valence-corrected chi connectivity index (χ1v) is 6.35. The molecule has 2 aliphatic heterocycles. The summed E-state index contributed by atoms with van der Waals surface area (Å²) in [4.78, 5) is 0. The van der Waals surface area contributed by atoms with Crippen molar-refractivity contribution in [2.75, 3.05) is 0 Å². The van der Waals surface area contributed by atoms with E-state index in [9.17, 15) is 0 Å². The lowest BCUT2D eigenvalue weighted by Gasteiger charge is -2.21. The zero-order valence-corrected chi connectivity index (χ0v) is 9.98. The van der Waals surface area contributed by atoms with Crippen LogP contribution in [0.5, 0.6) is 0 Å². The Balaban J connectivity index is 1.75. The lowest BCUT2D eigenvalue weighted by atomic mass is 9.94. The van der Waals surface area contributed by atoms with E-state index in [4.69, 9.17) is 0 Å². The highest BCUT2D eigenvalue weighted by atomic mass is 15.1. The van der Waals surface area contributed by atoms with Crippen LogP contribution in [0.3, 0.4) is 0 Å². The summed E-state index contributed by atoms with van der Waals surface area (Å²) in [5.41, 5.74) is 5.35. The minimum Gasteiger partial charge on any atom is -0.304 e. The topological polar surface area (TPSA) is 24.1 Å². The number of fused-ring (bicyclic) bond motifs is 2. The van der Waals surface area contributed by atoms with Crippen molar-refractivity contribution in [3.63, 3.8) is 0 Å². The fourth-order valence-corrected chi connectivity index (χ4v) is 3.00. The summed E-state index contributed by atoms with van der Waals surface area (Å²) in [6.45, 7) is 4.23. The summed E-state index contributed by atoms with van der Waals surface area (Å²) in [5, 5.41) is 6.99. The third kappa shape index (κ3) is 1.43. The molecule has 2 heteroatoms. The van der Waals surface area contributed by atoms with Crippen molar-refractivity contribution in [1.29, 1.82) is 0 Å². The molecular formula is C16H14N2. The maximum atomic E-state index is 3.60. The van der Waals surface area contributed by atoms with Gasteiger partial charge >= 0.3 is 0 Å². The van der Waals surface area contributed by atoms with Crippen molar-refractivity contribution in [3.8, 4) is 0 Å². The molecule has 88 valence electrons. The number of rotatable bonds is 1. The SMILES string of the molecule is [C]1NC(C2NCc3ccccc32)c2ccccc21. The Labute approximate surface area is 107 Å². The average molecular weight is 234 g/mol. The summed E-state index contributed by atoms with van der Waals surface area (Å²) < 4.78 is 0. The fourth-order valence-electron chi connectivity index (χ4n) is 3.00. The molecule has 0 spiro atoms. The molecule has 2 N–H and O–H groups in total. The van der Waals surface area contributed by atoms with Crippen LogP contribution in [0, 0.1) is 6.54 Å². The van der Waals surface area contributed by atoms with Gasteiger partial charge in [0.25, 0.3) is 0 Å². The molecule has 0 aromatic heterocycles. The molecule has 2 nitrogen and oxygen atoms in total. The van der Waals surface area contributed by atoms with Gasteiger partial charge in [-0.3, -0.25) is 5.32 Å². The quantitative estimate of drug-likeness (QED) is 0.792. The molecule has 0 saturated carbocycles. The monoisotopic (exact) mass is 234 g/mol. The van der Waals surface area contributed by atoms with E-state index in [1.54, 1.807) is 0 Å². The van der Waals surface area contributed by atoms with Gasteiger partial charge in [-0.2, -0.15) is 0 Å². The Morgan fingerprint density at radius 2 is 1.67 bits per heavy atom. The molecule has 2 radical (unpaired) electrons. The first-order valence-electron chi connectivity index (χ1n) is 6.35. The van der Waals surface area contributed by atoms with Gasteiger partial charge in [0.1, 0.15) is 0 Å². The molecule has 2 aromatic carbocycles. The Kier molecular flexibility index (Phi) is 2.25. The smallest absolute Gasteiger partial charge is 0.0942 e. The van der Waals surface area contributed by atoms with Crippen LogP contribution in [-0.4, -0.2) is 0 Å². The number of hydrogen-bond acceptors (Lipinski definition) is 2. The molecule has 2 heterocycles. The van der Waals surface area contributed by atoms with E-state index < -0.39 is 0 Å². The lowest BCUT2D eigenvalue weighted by molar-refractivity contribution is 0.451. The Hall–Kier alpha value is -1.64. The normalized spacial score (nSPS) is 24.9. The second kappa shape index (κ2) is 3.94. The first kappa shape index (κ1) is 10.3. The van der Waals surface area contributed by atoms with Gasteiger partial charge < -0.3 is 5.32 Å². The molecule has 2 aromatic rings. The summed E-state index contributed by atoms with van der Waals surface area (Å²) in [6.07, 6.45) is 0. The molecule has 0 fully saturated rings. The van der Waals surface area contributed by atoms with Gasteiger partial charge in [0.2, 0.25) is 0 Å². The fraction of sp³-hybridized carbons (Fsp3) is 0.188. The van der Waals surface area contributed by atoms with Gasteiger partial charge in [-0.05, 0) is 22.3 Å². The maximum absolute atomic E-state index is 3.60. The van der Waals surface area contributed by atoms with E-state index in [2.05, 4.69) is 65.7 Å². The van der Waals surface area contributed by atoms with Crippen LogP contribution in [0.2, 0.25) is 0 Å². The maximum Gasteiger partial charge on any atom is 0.0942 e. The van der Waals surface area contributed by atoms with E-state index in [0.717, 1.165) is 6.54 Å². The average Bonchev–Trinajstić information content (AvgIpc) is 3.01. The van der Waals surface area contributed by atoms with E-state index in [-0.39, 0.29) is 0 Å². The third-order valence-corrected chi connectivity index (χ3v) is 3.89. The van der Waals surface area contributed by atoms with Crippen molar-refractivity contribution >= 4 is 0 Å². The number of nitrogens with one attached hydrogen (secondary N) is 2. The van der Waals surface area contributed by atoms with E-state index >= 15 is 0 Å². The largest absolute Gasteiger partial charge is 0.304 e. The molecule has 2 unspecified atom stereocenters. The van der Waals surface area contributed by atoms with Crippen molar-refractivity contribution < 1.29 is 0 Å². The molecule has 0 saturated heterocycles. The number of benzene rings is 2. The van der Waals surface area contributed by atoms with Crippen LogP contribution < -0.4 is 10.6 Å². The second-order valence-electron chi connectivity index (χ2n) is 4.89. The predicted octanol–water partition coefficient (Wildman–Crippen LogP) is 2.56. The highest BCUT2D eigenvalue weighted by molar-refractivity contribution is 5.44. The van der Waals surface area contributed by atoms with Gasteiger partial charge in [-0.15, -0.1) is 0 Å². The molecule has 4 rings (SSSR count). The molecular weight excluding hydrogens is 220 g/mol. The summed E-state index contributed by atoms with van der Waals surface area (Å²) >= 11 is 0. The van der Waals surface area contributed by atoms with E-state index in [1.807, 2.05) is 0 Å². The van der Waals surface area contributed by atoms with Crippen LogP contribution in [0.25, 0.3) is 0 Å². The van der Waals surface area contributed by atoms with Crippen LogP contribution in [0.15, 0.2) is 48.5 Å². The van der Waals surface area contributed by atoms with Gasteiger partial charge in [0, 0.05) is 6.54 Å². The van der Waals surface area contributed by atoms with Gasteiger partial charge in [0.15, 0.2) is 0 Å². The molecule has 0 amide bonds. The summed E-state index contributed by atoms with van der Waals surface area (Å²) in [6, 6.07) is 17.8. The van der Waals surface area contributed by atoms with Gasteiger partial charge in [-0.25, -0.2) is 0 Å². The van der Waals surface area contributed by atoms with Gasteiger partial charge in [0.05, 0.1) is 18.6 Å². The van der Waals surface area contributed by atoms with Gasteiger partial charge in [-0.1, -0.05) is 48.5 Å². The molecule has 0 bridgehead atoms. The van der Waals surface area contributed by atoms with E-state index in [0.29, 0.717) is 12.1 Å². The third-order valence-electron chi connectivity index (χ3n) is 3.89. The Morgan fingerprint density at radius 1 is 0.889 bits per heavy atom. The standard InChI is InChI=1S/C16H14N2/c1-3-7-13-11(5-1)9-17-15(13)16-14-8-4-2-6-12(14)10-18-16/h1-8,15-18H,9H2. The lowest BCUT2D eigenvalue weighted by Crippen LogP contribution is -2.26. The van der Waals surface area contributed by atoms with Crippen molar-refractivity contribution in [3.05, 3.63) is 77.3 Å². The van der Waals surface area contributed by atoms with Crippen LogP contribution in [-0.2, 0) is 6.54 Å². The zero-order chi connectivity index (χ0) is 11.9. The minimum atomic E-state index is 0.296. The van der Waals surface area contributed by atoms with Crippen LogP contribution in [0.4, 0.5) is 0 Å². The van der Waals surface area contributed by atoms with Crippen molar-refractivity contribution in [2.24, 2.45) is 0 Å². The molecule has 18 heavy (non-hydrogen) atoms. The highest BCUT2D eigenvalue weighted by Crippen LogP contribution is 2.39. The Morgan fingerprint density at radius 3 is 2.61 bits per heavy atom. The molecule has 2 atom stereocenters. The minimum absolute atomic E-state index is 0.296.